The Morgan fingerprint density at radius 2 is 2.25 bits per heavy atom. The number of thiophene rings is 1. The smallest absolute Gasteiger partial charge is 0.0547 e. The molecule has 0 spiro atoms. The van der Waals surface area contributed by atoms with E-state index in [2.05, 4.69) is 29.8 Å². The van der Waals surface area contributed by atoms with Gasteiger partial charge in [0.25, 0.3) is 0 Å². The summed E-state index contributed by atoms with van der Waals surface area (Å²) >= 11 is 11.3. The first kappa shape index (κ1) is 10.6. The maximum atomic E-state index is 6.01. The monoisotopic (exact) mass is 266 g/mol. The van der Waals surface area contributed by atoms with Crippen LogP contribution in [0, 0.1) is 0 Å². The van der Waals surface area contributed by atoms with Gasteiger partial charge in [-0.3, -0.25) is 0 Å². The lowest BCUT2D eigenvalue weighted by molar-refractivity contribution is 0.693. The minimum Gasteiger partial charge on any atom is -0.147 e. The van der Waals surface area contributed by atoms with Crippen molar-refractivity contribution in [1.82, 2.24) is 0 Å². The first-order chi connectivity index (χ1) is 5.61. The fraction of sp³-hybridized carbons (Fsp3) is 0.556. The summed E-state index contributed by atoms with van der Waals surface area (Å²) in [6, 6.07) is 1.97. The molecule has 0 saturated carbocycles. The van der Waals surface area contributed by atoms with Gasteiger partial charge in [0.05, 0.1) is 5.02 Å². The lowest BCUT2D eigenvalue weighted by Gasteiger charge is -2.11. The Labute approximate surface area is 91.1 Å². The SMILES string of the molecule is CC(Br)CC(C)c1sccc1Cl. The lowest BCUT2D eigenvalue weighted by Crippen LogP contribution is -1.98. The van der Waals surface area contributed by atoms with E-state index in [-0.39, 0.29) is 0 Å². The van der Waals surface area contributed by atoms with E-state index < -0.39 is 0 Å². The molecule has 0 aliphatic heterocycles. The second kappa shape index (κ2) is 4.64. The summed E-state index contributed by atoms with van der Waals surface area (Å²) in [5.74, 6) is 0.562. The number of alkyl halides is 1. The zero-order valence-corrected chi connectivity index (χ0v) is 10.3. The predicted molar refractivity (Wildman–Crippen MR) is 60.8 cm³/mol. The van der Waals surface area contributed by atoms with Crippen LogP contribution in [0.1, 0.15) is 31.1 Å². The second-order valence-electron chi connectivity index (χ2n) is 3.05. The van der Waals surface area contributed by atoms with Crippen molar-refractivity contribution in [2.24, 2.45) is 0 Å². The highest BCUT2D eigenvalue weighted by Gasteiger charge is 2.12. The Bertz CT molecular complexity index is 244. The van der Waals surface area contributed by atoms with Crippen LogP contribution < -0.4 is 0 Å². The Kier molecular flexibility index (Phi) is 4.08. The molecule has 0 fully saturated rings. The molecule has 1 aromatic heterocycles. The van der Waals surface area contributed by atoms with E-state index >= 15 is 0 Å². The summed E-state index contributed by atoms with van der Waals surface area (Å²) in [6.45, 7) is 4.38. The molecule has 0 aliphatic rings. The fourth-order valence-electron chi connectivity index (χ4n) is 1.25. The van der Waals surface area contributed by atoms with E-state index in [0.717, 1.165) is 11.4 Å². The van der Waals surface area contributed by atoms with Gasteiger partial charge in [-0.25, -0.2) is 0 Å². The molecule has 0 nitrogen and oxygen atoms in total. The van der Waals surface area contributed by atoms with Crippen LogP contribution in [0.4, 0.5) is 0 Å². The van der Waals surface area contributed by atoms with Crippen LogP contribution in [0.15, 0.2) is 11.4 Å². The van der Waals surface area contributed by atoms with Gasteiger partial charge in [-0.15, -0.1) is 11.3 Å². The fourth-order valence-corrected chi connectivity index (χ4v) is 3.13. The first-order valence-electron chi connectivity index (χ1n) is 3.98. The van der Waals surface area contributed by atoms with Crippen LogP contribution >= 0.6 is 38.9 Å². The molecule has 0 amide bonds. The van der Waals surface area contributed by atoms with Gasteiger partial charge in [-0.05, 0) is 23.8 Å². The second-order valence-corrected chi connectivity index (χ2v) is 5.97. The summed E-state index contributed by atoms with van der Waals surface area (Å²) in [6.07, 6.45) is 1.14. The van der Waals surface area contributed by atoms with Crippen LogP contribution in [-0.4, -0.2) is 4.83 Å². The number of rotatable bonds is 3. The molecule has 1 heterocycles. The molecule has 1 aromatic rings. The van der Waals surface area contributed by atoms with Crippen molar-refractivity contribution < 1.29 is 0 Å². The van der Waals surface area contributed by atoms with Crippen LogP contribution in [0.25, 0.3) is 0 Å². The van der Waals surface area contributed by atoms with Gasteiger partial charge in [0, 0.05) is 9.70 Å². The van der Waals surface area contributed by atoms with Crippen molar-refractivity contribution in [2.45, 2.75) is 31.0 Å². The maximum absolute atomic E-state index is 6.01. The molecule has 12 heavy (non-hydrogen) atoms. The topological polar surface area (TPSA) is 0 Å². The van der Waals surface area contributed by atoms with Crippen molar-refractivity contribution in [3.05, 3.63) is 21.3 Å². The van der Waals surface area contributed by atoms with E-state index in [9.17, 15) is 0 Å². The predicted octanol–water partition coefficient (Wildman–Crippen LogP) is 4.68. The molecule has 0 N–H and O–H groups in total. The first-order valence-corrected chi connectivity index (χ1v) is 6.15. The molecule has 2 unspecified atom stereocenters. The van der Waals surface area contributed by atoms with Crippen LogP contribution in [0.5, 0.6) is 0 Å². The molecule has 0 aliphatic carbocycles. The molecular formula is C9H12BrClS. The summed E-state index contributed by atoms with van der Waals surface area (Å²) in [4.78, 5) is 1.87. The highest BCUT2D eigenvalue weighted by atomic mass is 79.9. The quantitative estimate of drug-likeness (QED) is 0.698. The van der Waals surface area contributed by atoms with Gasteiger partial charge in [-0.2, -0.15) is 0 Å². The van der Waals surface area contributed by atoms with Crippen molar-refractivity contribution in [2.75, 3.05) is 0 Å². The summed E-state index contributed by atoms with van der Waals surface area (Å²) < 4.78 is 0. The van der Waals surface area contributed by atoms with Gasteiger partial charge in [0.2, 0.25) is 0 Å². The van der Waals surface area contributed by atoms with Gasteiger partial charge >= 0.3 is 0 Å². The third-order valence-electron chi connectivity index (χ3n) is 1.77. The van der Waals surface area contributed by atoms with Crippen molar-refractivity contribution in [1.29, 1.82) is 0 Å². The largest absolute Gasteiger partial charge is 0.147 e. The number of hydrogen-bond donors (Lipinski definition) is 0. The van der Waals surface area contributed by atoms with E-state index in [1.165, 1.54) is 4.88 Å². The van der Waals surface area contributed by atoms with E-state index in [1.54, 1.807) is 11.3 Å². The summed E-state index contributed by atoms with van der Waals surface area (Å²) in [7, 11) is 0. The third-order valence-corrected chi connectivity index (χ3v) is 3.73. The third kappa shape index (κ3) is 2.75. The molecule has 68 valence electrons. The highest BCUT2D eigenvalue weighted by molar-refractivity contribution is 9.09. The molecule has 2 atom stereocenters. The number of hydrogen-bond acceptors (Lipinski definition) is 1. The molecular weight excluding hydrogens is 256 g/mol. The molecule has 0 bridgehead atoms. The van der Waals surface area contributed by atoms with Gasteiger partial charge in [-0.1, -0.05) is 41.4 Å². The standard InChI is InChI=1S/C9H12BrClS/c1-6(5-7(2)10)9-8(11)3-4-12-9/h3-4,6-7H,5H2,1-2H3. The zero-order valence-electron chi connectivity index (χ0n) is 7.18. The average molecular weight is 268 g/mol. The van der Waals surface area contributed by atoms with Gasteiger partial charge in [0.1, 0.15) is 0 Å². The molecule has 1 rings (SSSR count). The van der Waals surface area contributed by atoms with Crippen molar-refractivity contribution >= 4 is 38.9 Å². The average Bonchev–Trinajstić information content (AvgIpc) is 2.33. The maximum Gasteiger partial charge on any atom is 0.0547 e. The van der Waals surface area contributed by atoms with Crippen molar-refractivity contribution in [3.63, 3.8) is 0 Å². The Balaban J connectivity index is 2.65. The molecule has 0 saturated heterocycles. The minimum atomic E-state index is 0.561. The molecule has 0 radical (unpaired) electrons. The minimum absolute atomic E-state index is 0.561. The summed E-state index contributed by atoms with van der Waals surface area (Å²) in [5, 5.41) is 2.97. The van der Waals surface area contributed by atoms with E-state index in [1.807, 2.05) is 11.4 Å². The normalized spacial score (nSPS) is 16.0. The van der Waals surface area contributed by atoms with Gasteiger partial charge < -0.3 is 0 Å². The molecule has 0 aromatic carbocycles. The van der Waals surface area contributed by atoms with Crippen LogP contribution in [0.2, 0.25) is 5.02 Å². The summed E-state index contributed by atoms with van der Waals surface area (Å²) in [5.41, 5.74) is 0. The zero-order chi connectivity index (χ0) is 9.14. The van der Waals surface area contributed by atoms with Crippen LogP contribution in [-0.2, 0) is 0 Å². The Hall–Kier alpha value is 0.470. The Morgan fingerprint density at radius 3 is 2.67 bits per heavy atom. The number of halogens is 2. The van der Waals surface area contributed by atoms with Gasteiger partial charge in [0.15, 0.2) is 0 Å². The van der Waals surface area contributed by atoms with E-state index in [0.29, 0.717) is 10.7 Å². The van der Waals surface area contributed by atoms with Crippen LogP contribution in [0.3, 0.4) is 0 Å². The highest BCUT2D eigenvalue weighted by Crippen LogP contribution is 2.33. The lowest BCUT2D eigenvalue weighted by atomic mass is 10.0. The Morgan fingerprint density at radius 1 is 1.58 bits per heavy atom. The van der Waals surface area contributed by atoms with E-state index in [4.69, 9.17) is 11.6 Å². The molecule has 3 heteroatoms. The van der Waals surface area contributed by atoms with Crippen molar-refractivity contribution in [3.8, 4) is 0 Å².